The molecular weight excluding hydrogens is 292 g/mol. The number of rotatable bonds is 9. The molecule has 23 heavy (non-hydrogen) atoms. The van der Waals surface area contributed by atoms with Crippen LogP contribution in [0.2, 0.25) is 0 Å². The van der Waals surface area contributed by atoms with Gasteiger partial charge in [0.2, 0.25) is 0 Å². The lowest BCUT2D eigenvalue weighted by Crippen LogP contribution is -2.16. The van der Waals surface area contributed by atoms with Crippen LogP contribution in [0.25, 0.3) is 0 Å². The number of unbranched alkanes of at least 4 members (excludes halogenated alkanes) is 3. The van der Waals surface area contributed by atoms with E-state index in [4.69, 9.17) is 0 Å². The summed E-state index contributed by atoms with van der Waals surface area (Å²) in [5.74, 6) is -2.14. The van der Waals surface area contributed by atoms with Crippen molar-refractivity contribution >= 4 is 11.9 Å². The van der Waals surface area contributed by atoms with E-state index >= 15 is 0 Å². The van der Waals surface area contributed by atoms with Crippen LogP contribution >= 0.6 is 0 Å². The molecule has 2 N–H and O–H groups in total. The van der Waals surface area contributed by atoms with Crippen molar-refractivity contribution in [3.8, 4) is 0 Å². The Balaban J connectivity index is 3.31. The third-order valence-corrected chi connectivity index (χ3v) is 4.33. The third kappa shape index (κ3) is 4.81. The van der Waals surface area contributed by atoms with E-state index in [0.717, 1.165) is 31.2 Å². The first-order valence-electron chi connectivity index (χ1n) is 8.44. The van der Waals surface area contributed by atoms with E-state index in [9.17, 15) is 19.8 Å². The van der Waals surface area contributed by atoms with Gasteiger partial charge in [0.1, 0.15) is 0 Å². The topological polar surface area (TPSA) is 74.6 Å². The van der Waals surface area contributed by atoms with Crippen LogP contribution in [0, 0.1) is 0 Å². The quantitative estimate of drug-likeness (QED) is 0.607. The second kappa shape index (κ2) is 8.70. The molecule has 0 aliphatic rings. The first kappa shape index (κ1) is 19.2. The number of carboxylic acid groups (broad SMARTS) is 2. The third-order valence-electron chi connectivity index (χ3n) is 4.33. The number of hydrogen-bond acceptors (Lipinski definition) is 2. The maximum absolute atomic E-state index is 11.7. The van der Waals surface area contributed by atoms with Crippen molar-refractivity contribution in [2.75, 3.05) is 0 Å². The van der Waals surface area contributed by atoms with Gasteiger partial charge in [-0.05, 0) is 35.4 Å². The number of aromatic carboxylic acids is 2. The summed E-state index contributed by atoms with van der Waals surface area (Å²) < 4.78 is 0. The molecule has 0 aromatic heterocycles. The summed E-state index contributed by atoms with van der Waals surface area (Å²) in [4.78, 5) is 23.2. The Kier molecular flexibility index (Phi) is 7.27. The highest BCUT2D eigenvalue weighted by Gasteiger charge is 2.26. The zero-order valence-corrected chi connectivity index (χ0v) is 14.6. The molecule has 4 nitrogen and oxygen atoms in total. The van der Waals surface area contributed by atoms with Crippen LogP contribution in [0.4, 0.5) is 0 Å². The van der Waals surface area contributed by atoms with Gasteiger partial charge < -0.3 is 10.2 Å². The highest BCUT2D eigenvalue weighted by molar-refractivity contribution is 6.03. The molecule has 0 spiro atoms. The van der Waals surface area contributed by atoms with Crippen molar-refractivity contribution in [1.29, 1.82) is 0 Å². The van der Waals surface area contributed by atoms with Gasteiger partial charge in [-0.1, -0.05) is 59.4 Å². The first-order chi connectivity index (χ1) is 10.8. The van der Waals surface area contributed by atoms with Gasteiger partial charge >= 0.3 is 11.9 Å². The van der Waals surface area contributed by atoms with Gasteiger partial charge in [-0.2, -0.15) is 0 Å². The maximum Gasteiger partial charge on any atom is 0.336 e. The molecule has 0 aliphatic carbocycles. The van der Waals surface area contributed by atoms with E-state index in [2.05, 4.69) is 6.92 Å². The molecule has 0 aliphatic heterocycles. The van der Waals surface area contributed by atoms with Gasteiger partial charge in [-0.3, -0.25) is 0 Å². The predicted octanol–water partition coefficient (Wildman–Crippen LogP) is 5.28. The minimum absolute atomic E-state index is 0.0355. The number of hydrogen-bond donors (Lipinski definition) is 2. The van der Waals surface area contributed by atoms with E-state index in [1.807, 2.05) is 20.8 Å². The van der Waals surface area contributed by atoms with Crippen LogP contribution in [-0.2, 0) is 0 Å². The second-order valence-corrected chi connectivity index (χ2v) is 6.51. The van der Waals surface area contributed by atoms with Gasteiger partial charge in [-0.25, -0.2) is 9.59 Å². The molecular formula is C19H28O4. The van der Waals surface area contributed by atoms with Crippen LogP contribution in [0.15, 0.2) is 12.1 Å². The van der Waals surface area contributed by atoms with E-state index in [-0.39, 0.29) is 23.0 Å². The Bertz CT molecular complexity index is 561. The number of carboxylic acids is 2. The fourth-order valence-electron chi connectivity index (χ4n) is 3.10. The summed E-state index contributed by atoms with van der Waals surface area (Å²) in [5, 5.41) is 18.9. The monoisotopic (exact) mass is 320 g/mol. The molecule has 0 amide bonds. The van der Waals surface area contributed by atoms with Crippen molar-refractivity contribution in [3.05, 3.63) is 34.4 Å². The first-order valence-corrected chi connectivity index (χ1v) is 8.44. The Labute approximate surface area is 138 Å². The highest BCUT2D eigenvalue weighted by atomic mass is 16.4. The fraction of sp³-hybridized carbons (Fsp3) is 0.579. The van der Waals surface area contributed by atoms with Gasteiger partial charge in [-0.15, -0.1) is 0 Å². The number of benzene rings is 1. The standard InChI is InChI=1S/C19H28O4/c1-5-6-7-8-9-13(4)16-14(12(2)3)10-11-15(18(20)21)17(16)19(22)23/h10-13H,5-9H2,1-4H3,(H,20,21)(H,22,23). The Hall–Kier alpha value is -1.84. The van der Waals surface area contributed by atoms with Crippen LogP contribution in [-0.4, -0.2) is 22.2 Å². The summed E-state index contributed by atoms with van der Waals surface area (Å²) in [5.41, 5.74) is 1.49. The molecule has 4 heteroatoms. The predicted molar refractivity (Wildman–Crippen MR) is 91.6 cm³/mol. The summed E-state index contributed by atoms with van der Waals surface area (Å²) in [6.45, 7) is 8.17. The van der Waals surface area contributed by atoms with Crippen LogP contribution in [0.3, 0.4) is 0 Å². The highest BCUT2D eigenvalue weighted by Crippen LogP contribution is 2.34. The molecule has 1 atom stereocenters. The molecule has 0 fully saturated rings. The summed E-state index contributed by atoms with van der Waals surface area (Å²) >= 11 is 0. The van der Waals surface area contributed by atoms with E-state index < -0.39 is 11.9 Å². The minimum atomic E-state index is -1.18. The van der Waals surface area contributed by atoms with E-state index in [1.54, 1.807) is 6.07 Å². The normalized spacial score (nSPS) is 12.4. The molecule has 1 aromatic carbocycles. The SMILES string of the molecule is CCCCCCC(C)c1c(C(C)C)ccc(C(=O)O)c1C(=O)O. The lowest BCUT2D eigenvalue weighted by atomic mass is 9.82. The molecule has 1 aromatic rings. The maximum atomic E-state index is 11.7. The summed E-state index contributed by atoms with van der Waals surface area (Å²) in [6, 6.07) is 3.20. The molecule has 0 heterocycles. The van der Waals surface area contributed by atoms with Crippen molar-refractivity contribution < 1.29 is 19.8 Å². The Morgan fingerprint density at radius 1 is 1.00 bits per heavy atom. The van der Waals surface area contributed by atoms with Gasteiger partial charge in [0.15, 0.2) is 0 Å². The Morgan fingerprint density at radius 3 is 2.13 bits per heavy atom. The molecule has 1 rings (SSSR count). The second-order valence-electron chi connectivity index (χ2n) is 6.51. The van der Waals surface area contributed by atoms with Gasteiger partial charge in [0, 0.05) is 0 Å². The van der Waals surface area contributed by atoms with Crippen LogP contribution in [0.1, 0.15) is 103 Å². The van der Waals surface area contributed by atoms with Crippen molar-refractivity contribution in [2.45, 2.75) is 71.6 Å². The molecule has 0 saturated heterocycles. The lowest BCUT2D eigenvalue weighted by Gasteiger charge is -2.22. The van der Waals surface area contributed by atoms with E-state index in [0.29, 0.717) is 5.56 Å². The lowest BCUT2D eigenvalue weighted by molar-refractivity contribution is 0.0650. The van der Waals surface area contributed by atoms with Crippen molar-refractivity contribution in [3.63, 3.8) is 0 Å². The average molecular weight is 320 g/mol. The Morgan fingerprint density at radius 2 is 1.65 bits per heavy atom. The summed E-state index contributed by atoms with van der Waals surface area (Å²) in [6.07, 6.45) is 5.36. The molecule has 0 saturated carbocycles. The zero-order valence-electron chi connectivity index (χ0n) is 14.6. The van der Waals surface area contributed by atoms with E-state index in [1.165, 1.54) is 12.5 Å². The van der Waals surface area contributed by atoms with Gasteiger partial charge in [0.05, 0.1) is 11.1 Å². The molecule has 128 valence electrons. The minimum Gasteiger partial charge on any atom is -0.478 e. The largest absolute Gasteiger partial charge is 0.478 e. The van der Waals surface area contributed by atoms with Gasteiger partial charge in [0.25, 0.3) is 0 Å². The smallest absolute Gasteiger partial charge is 0.336 e. The van der Waals surface area contributed by atoms with Crippen molar-refractivity contribution in [1.82, 2.24) is 0 Å². The molecule has 0 bridgehead atoms. The zero-order chi connectivity index (χ0) is 17.6. The fourth-order valence-corrected chi connectivity index (χ4v) is 3.10. The average Bonchev–Trinajstić information content (AvgIpc) is 2.49. The van der Waals surface area contributed by atoms with Crippen LogP contribution < -0.4 is 0 Å². The number of carbonyl (C=O) groups is 2. The molecule has 1 unspecified atom stereocenters. The molecule has 0 radical (unpaired) electrons. The summed E-state index contributed by atoms with van der Waals surface area (Å²) in [7, 11) is 0. The van der Waals surface area contributed by atoms with Crippen LogP contribution in [0.5, 0.6) is 0 Å². The van der Waals surface area contributed by atoms with Crippen molar-refractivity contribution in [2.24, 2.45) is 0 Å².